The first kappa shape index (κ1) is 18.3. The molecule has 0 aliphatic carbocycles. The molecule has 0 unspecified atom stereocenters. The van der Waals surface area contributed by atoms with Crippen molar-refractivity contribution in [2.24, 2.45) is 0 Å². The lowest BCUT2D eigenvalue weighted by molar-refractivity contribution is 0.146. The van der Waals surface area contributed by atoms with Crippen molar-refractivity contribution in [1.29, 1.82) is 0 Å². The molecule has 1 saturated heterocycles. The lowest BCUT2D eigenvalue weighted by atomic mass is 9.96. The number of likely N-dealkylation sites (tertiary alicyclic amines) is 1. The maximum Gasteiger partial charge on any atom is 0.128 e. The van der Waals surface area contributed by atoms with Gasteiger partial charge < -0.3 is 4.90 Å². The van der Waals surface area contributed by atoms with E-state index >= 15 is 0 Å². The van der Waals surface area contributed by atoms with Gasteiger partial charge in [0, 0.05) is 24.3 Å². The average Bonchev–Trinajstić information content (AvgIpc) is 2.53. The van der Waals surface area contributed by atoms with Crippen LogP contribution in [0.3, 0.4) is 0 Å². The molecule has 2 heterocycles. The molecule has 1 aromatic heterocycles. The second kappa shape index (κ2) is 8.68. The van der Waals surface area contributed by atoms with Crippen LogP contribution in [0.2, 0.25) is 0 Å². The molecular weight excluding hydrogens is 282 g/mol. The van der Waals surface area contributed by atoms with Crippen molar-refractivity contribution in [2.45, 2.75) is 84.8 Å². The molecule has 0 spiro atoms. The van der Waals surface area contributed by atoms with Crippen molar-refractivity contribution in [3.8, 4) is 0 Å². The average molecular weight is 318 g/mol. The Bertz CT molecular complexity index is 444. The zero-order valence-corrected chi connectivity index (χ0v) is 15.8. The highest BCUT2D eigenvalue weighted by atomic mass is 15.2. The topological polar surface area (TPSA) is 19.4 Å². The Balaban J connectivity index is 2.13. The summed E-state index contributed by atoms with van der Waals surface area (Å²) in [5, 5.41) is 0. The van der Waals surface area contributed by atoms with Crippen molar-refractivity contribution >= 4 is 5.82 Å². The fourth-order valence-electron chi connectivity index (χ4n) is 3.87. The second-order valence-electron chi connectivity index (χ2n) is 7.45. The minimum Gasteiger partial charge on any atom is -0.352 e. The Morgan fingerprint density at radius 1 is 1.17 bits per heavy atom. The van der Waals surface area contributed by atoms with Crippen LogP contribution >= 0.6 is 0 Å². The van der Waals surface area contributed by atoms with Crippen LogP contribution in [0.4, 0.5) is 5.82 Å². The molecule has 1 fully saturated rings. The summed E-state index contributed by atoms with van der Waals surface area (Å²) >= 11 is 0. The van der Waals surface area contributed by atoms with E-state index in [0.29, 0.717) is 18.1 Å². The predicted molar refractivity (Wildman–Crippen MR) is 100 cm³/mol. The van der Waals surface area contributed by atoms with Gasteiger partial charge in [0.2, 0.25) is 0 Å². The van der Waals surface area contributed by atoms with E-state index in [9.17, 15) is 0 Å². The van der Waals surface area contributed by atoms with Gasteiger partial charge in [0.05, 0.1) is 0 Å². The molecule has 1 atom stereocenters. The summed E-state index contributed by atoms with van der Waals surface area (Å²) in [5.74, 6) is 1.11. The van der Waals surface area contributed by atoms with Gasteiger partial charge in [0.25, 0.3) is 0 Å². The maximum atomic E-state index is 4.81. The number of anilines is 1. The van der Waals surface area contributed by atoms with Crippen molar-refractivity contribution < 1.29 is 0 Å². The molecule has 3 nitrogen and oxygen atoms in total. The summed E-state index contributed by atoms with van der Waals surface area (Å²) in [6.07, 6.45) is 8.68. The van der Waals surface area contributed by atoms with Crippen LogP contribution in [0.15, 0.2) is 18.3 Å². The van der Waals surface area contributed by atoms with Crippen LogP contribution in [0.1, 0.15) is 78.3 Å². The smallest absolute Gasteiger partial charge is 0.128 e. The quantitative estimate of drug-likeness (QED) is 0.703. The van der Waals surface area contributed by atoms with Crippen LogP contribution in [0.5, 0.6) is 0 Å². The van der Waals surface area contributed by atoms with Gasteiger partial charge in [-0.3, -0.25) is 4.90 Å². The molecule has 1 aliphatic rings. The molecule has 3 heteroatoms. The highest BCUT2D eigenvalue weighted by molar-refractivity contribution is 5.41. The fraction of sp³-hybridized carbons (Fsp3) is 0.750. The second-order valence-corrected chi connectivity index (χ2v) is 7.45. The van der Waals surface area contributed by atoms with E-state index in [0.717, 1.165) is 5.82 Å². The largest absolute Gasteiger partial charge is 0.352 e. The summed E-state index contributed by atoms with van der Waals surface area (Å²) in [6.45, 7) is 13.7. The standard InChI is InChI=1S/C20H35N3/c1-6-7-13-22-14-9-8-10-19(22)18-11-12-20(21-15-18)23(16(2)3)17(4)5/h11-12,15-17,19H,6-10,13-14H2,1-5H3/t19-/m0/s1. The molecule has 0 radical (unpaired) electrons. The Kier molecular flexibility index (Phi) is 6.88. The van der Waals surface area contributed by atoms with Gasteiger partial charge in [-0.2, -0.15) is 0 Å². The highest BCUT2D eigenvalue weighted by Gasteiger charge is 2.24. The van der Waals surface area contributed by atoms with Gasteiger partial charge >= 0.3 is 0 Å². The minimum absolute atomic E-state index is 0.476. The monoisotopic (exact) mass is 317 g/mol. The number of hydrogen-bond acceptors (Lipinski definition) is 3. The van der Waals surface area contributed by atoms with E-state index in [1.165, 1.54) is 50.8 Å². The molecule has 2 rings (SSSR count). The Morgan fingerprint density at radius 3 is 2.48 bits per heavy atom. The van der Waals surface area contributed by atoms with Crippen LogP contribution in [0, 0.1) is 0 Å². The summed E-state index contributed by atoms with van der Waals surface area (Å²) in [4.78, 5) is 9.87. The number of hydrogen-bond donors (Lipinski definition) is 0. The molecule has 0 amide bonds. The lowest BCUT2D eigenvalue weighted by Crippen LogP contribution is -2.38. The number of aromatic nitrogens is 1. The molecule has 130 valence electrons. The van der Waals surface area contributed by atoms with Gasteiger partial charge in [0.15, 0.2) is 0 Å². The Hall–Kier alpha value is -1.09. The molecule has 0 bridgehead atoms. The third-order valence-corrected chi connectivity index (χ3v) is 4.95. The van der Waals surface area contributed by atoms with Gasteiger partial charge in [0.1, 0.15) is 5.82 Å². The molecule has 1 aliphatic heterocycles. The molecule has 1 aromatic rings. The number of unbranched alkanes of at least 4 members (excludes halogenated alkanes) is 1. The lowest BCUT2D eigenvalue weighted by Gasteiger charge is -2.36. The Labute approximate surface area is 143 Å². The van der Waals surface area contributed by atoms with Crippen LogP contribution in [0.25, 0.3) is 0 Å². The van der Waals surface area contributed by atoms with Crippen molar-refractivity contribution in [2.75, 3.05) is 18.0 Å². The van der Waals surface area contributed by atoms with E-state index in [4.69, 9.17) is 4.98 Å². The van der Waals surface area contributed by atoms with Crippen LogP contribution in [-0.4, -0.2) is 35.1 Å². The molecule has 0 N–H and O–H groups in total. The molecule has 0 saturated carbocycles. The van der Waals surface area contributed by atoms with Gasteiger partial charge in [-0.15, -0.1) is 0 Å². The molecular formula is C20H35N3. The zero-order valence-electron chi connectivity index (χ0n) is 15.8. The van der Waals surface area contributed by atoms with E-state index < -0.39 is 0 Å². The number of rotatable bonds is 7. The highest BCUT2D eigenvalue weighted by Crippen LogP contribution is 2.31. The molecule has 0 aromatic carbocycles. The van der Waals surface area contributed by atoms with Crippen molar-refractivity contribution in [1.82, 2.24) is 9.88 Å². The summed E-state index contributed by atoms with van der Waals surface area (Å²) < 4.78 is 0. The SMILES string of the molecule is CCCCN1CCCC[C@H]1c1ccc(N(C(C)C)C(C)C)nc1. The maximum absolute atomic E-state index is 4.81. The normalized spacial score (nSPS) is 19.5. The predicted octanol–water partition coefficient (Wildman–Crippen LogP) is 5.03. The molecule has 23 heavy (non-hydrogen) atoms. The first-order valence-electron chi connectivity index (χ1n) is 9.53. The van der Waals surface area contributed by atoms with Crippen molar-refractivity contribution in [3.05, 3.63) is 23.9 Å². The van der Waals surface area contributed by atoms with E-state index in [-0.39, 0.29) is 0 Å². The minimum atomic E-state index is 0.476. The number of piperidine rings is 1. The number of pyridine rings is 1. The van der Waals surface area contributed by atoms with Gasteiger partial charge in [-0.05, 0) is 71.7 Å². The first-order chi connectivity index (χ1) is 11.0. The Morgan fingerprint density at radius 2 is 1.91 bits per heavy atom. The summed E-state index contributed by atoms with van der Waals surface area (Å²) in [5.41, 5.74) is 1.40. The zero-order chi connectivity index (χ0) is 16.8. The number of nitrogens with zero attached hydrogens (tertiary/aromatic N) is 3. The summed E-state index contributed by atoms with van der Waals surface area (Å²) in [7, 11) is 0. The van der Waals surface area contributed by atoms with Gasteiger partial charge in [-0.25, -0.2) is 4.98 Å². The van der Waals surface area contributed by atoms with E-state index in [2.05, 4.69) is 62.7 Å². The summed E-state index contributed by atoms with van der Waals surface area (Å²) in [6, 6.07) is 6.06. The fourth-order valence-corrected chi connectivity index (χ4v) is 3.87. The third kappa shape index (κ3) is 4.69. The van der Waals surface area contributed by atoms with Crippen molar-refractivity contribution in [3.63, 3.8) is 0 Å². The van der Waals surface area contributed by atoms with Crippen LogP contribution in [-0.2, 0) is 0 Å². The third-order valence-electron chi connectivity index (χ3n) is 4.95. The van der Waals surface area contributed by atoms with Crippen LogP contribution < -0.4 is 4.90 Å². The first-order valence-corrected chi connectivity index (χ1v) is 9.53. The van der Waals surface area contributed by atoms with Gasteiger partial charge in [-0.1, -0.05) is 25.8 Å². The van der Waals surface area contributed by atoms with E-state index in [1.54, 1.807) is 0 Å². The van der Waals surface area contributed by atoms with E-state index in [1.807, 2.05) is 0 Å².